The van der Waals surface area contributed by atoms with Crippen LogP contribution in [0.15, 0.2) is 12.3 Å². The number of anilines is 1. The molecule has 0 unspecified atom stereocenters. The number of hydrogen-bond acceptors (Lipinski definition) is 7. The first-order valence-electron chi connectivity index (χ1n) is 12.1. The molecule has 35 heavy (non-hydrogen) atoms. The highest BCUT2D eigenvalue weighted by Gasteiger charge is 2.29. The molecule has 2 rings (SSSR count). The van der Waals surface area contributed by atoms with Crippen molar-refractivity contribution in [3.63, 3.8) is 0 Å². The second kappa shape index (κ2) is 11.0. The van der Waals surface area contributed by atoms with Crippen molar-refractivity contribution in [2.75, 3.05) is 18.5 Å². The first kappa shape index (κ1) is 28.6. The molecular formula is C25H41N3O6Si. The smallest absolute Gasteiger partial charge is 0.412 e. The quantitative estimate of drug-likeness (QED) is 0.319. The molecule has 2 heterocycles. The zero-order chi connectivity index (χ0) is 26.6. The minimum atomic E-state index is -1.75. The Hall–Kier alpha value is -2.59. The molecule has 0 radical (unpaired) electrons. The van der Waals surface area contributed by atoms with Crippen LogP contribution in [-0.4, -0.2) is 54.4 Å². The Labute approximate surface area is 209 Å². The summed E-state index contributed by atoms with van der Waals surface area (Å²) in [5.41, 5.74) is 0.833. The van der Waals surface area contributed by atoms with E-state index in [1.165, 1.54) is 0 Å². The van der Waals surface area contributed by atoms with Crippen LogP contribution in [0.25, 0.3) is 5.52 Å². The van der Waals surface area contributed by atoms with Gasteiger partial charge in [-0.25, -0.2) is 14.1 Å². The molecule has 0 saturated heterocycles. The van der Waals surface area contributed by atoms with Crippen LogP contribution in [0.4, 0.5) is 10.5 Å². The molecule has 0 bridgehead atoms. The van der Waals surface area contributed by atoms with Crippen LogP contribution in [0, 0.1) is 0 Å². The molecule has 0 saturated carbocycles. The molecule has 0 aliphatic rings. The van der Waals surface area contributed by atoms with Gasteiger partial charge in [-0.15, -0.1) is 0 Å². The lowest BCUT2D eigenvalue weighted by Crippen LogP contribution is -2.38. The molecule has 0 fully saturated rings. The van der Waals surface area contributed by atoms with Crippen LogP contribution in [0.5, 0.6) is 5.75 Å². The summed E-state index contributed by atoms with van der Waals surface area (Å²) in [6.07, 6.45) is 2.23. The number of esters is 1. The Morgan fingerprint density at radius 3 is 2.29 bits per heavy atom. The molecule has 2 aromatic heterocycles. The number of ether oxygens (including phenoxy) is 3. The van der Waals surface area contributed by atoms with Gasteiger partial charge in [-0.05, 0) is 87.0 Å². The average Bonchev–Trinajstić information content (AvgIpc) is 3.01. The van der Waals surface area contributed by atoms with Crippen LogP contribution < -0.4 is 10.1 Å². The highest BCUT2D eigenvalue weighted by molar-refractivity contribution is 6.69. The SMILES string of the molecule is CCOC(=O)c1c(CCC(C)(C)O[Si](C)(C)C)nn2cc(OCC)c(NC(=O)OC(C)(C)C)cc12. The molecule has 9 nitrogen and oxygen atoms in total. The number of aryl methyl sites for hydroxylation is 1. The van der Waals surface area contributed by atoms with Crippen LogP contribution in [-0.2, 0) is 20.3 Å². The highest BCUT2D eigenvalue weighted by Crippen LogP contribution is 2.31. The van der Waals surface area contributed by atoms with Gasteiger partial charge >= 0.3 is 12.1 Å². The molecule has 2 aromatic rings. The molecular weight excluding hydrogens is 466 g/mol. The monoisotopic (exact) mass is 507 g/mol. The van der Waals surface area contributed by atoms with Crippen molar-refractivity contribution >= 4 is 31.6 Å². The fraction of sp³-hybridized carbons (Fsp3) is 0.640. The van der Waals surface area contributed by atoms with E-state index in [9.17, 15) is 9.59 Å². The third-order valence-corrected chi connectivity index (χ3v) is 5.93. The van der Waals surface area contributed by atoms with Crippen molar-refractivity contribution < 1.29 is 28.2 Å². The average molecular weight is 508 g/mol. The summed E-state index contributed by atoms with van der Waals surface area (Å²) >= 11 is 0. The summed E-state index contributed by atoms with van der Waals surface area (Å²) in [4.78, 5) is 25.4. The standard InChI is InChI=1S/C25H41N3O6Si/c1-11-31-20-16-28-19(15-18(20)26-23(30)33-24(3,4)5)21(22(29)32-12-2)17(27-28)13-14-25(6,7)34-35(8,9)10/h15-16H,11-14H2,1-10H3,(H,26,30). The van der Waals surface area contributed by atoms with Crippen LogP contribution >= 0.6 is 0 Å². The Balaban J connectivity index is 2.52. The summed E-state index contributed by atoms with van der Waals surface area (Å²) < 4.78 is 24.4. The fourth-order valence-corrected chi connectivity index (χ4v) is 5.56. The molecule has 0 aromatic carbocycles. The lowest BCUT2D eigenvalue weighted by Gasteiger charge is -2.33. The minimum absolute atomic E-state index is 0.236. The third-order valence-electron chi connectivity index (χ3n) is 4.77. The lowest BCUT2D eigenvalue weighted by molar-refractivity contribution is 0.0524. The second-order valence-corrected chi connectivity index (χ2v) is 15.4. The molecule has 1 N–H and O–H groups in total. The number of nitrogens with one attached hydrogen (secondary N) is 1. The Kier molecular flexibility index (Phi) is 8.99. The van der Waals surface area contributed by atoms with Crippen molar-refractivity contribution in [2.24, 2.45) is 0 Å². The maximum absolute atomic E-state index is 13.0. The van der Waals surface area contributed by atoms with Crippen molar-refractivity contribution in [2.45, 2.75) is 92.2 Å². The molecule has 10 heteroatoms. The molecule has 1 amide bonds. The largest absolute Gasteiger partial charge is 0.490 e. The van der Waals surface area contributed by atoms with Gasteiger partial charge in [0.2, 0.25) is 0 Å². The highest BCUT2D eigenvalue weighted by atomic mass is 28.4. The number of fused-ring (bicyclic) bond motifs is 1. The Bertz CT molecular complexity index is 1050. The van der Waals surface area contributed by atoms with Gasteiger partial charge in [-0.1, -0.05) is 0 Å². The van der Waals surface area contributed by atoms with E-state index in [2.05, 4.69) is 43.9 Å². The van der Waals surface area contributed by atoms with E-state index in [0.717, 1.165) is 0 Å². The van der Waals surface area contributed by atoms with E-state index < -0.39 is 26.0 Å². The number of rotatable bonds is 10. The lowest BCUT2D eigenvalue weighted by atomic mass is 9.99. The fourth-order valence-electron chi connectivity index (χ4n) is 3.80. The topological polar surface area (TPSA) is 100 Å². The summed E-state index contributed by atoms with van der Waals surface area (Å²) in [6, 6.07) is 1.67. The number of pyridine rings is 1. The van der Waals surface area contributed by atoms with Gasteiger partial charge in [0, 0.05) is 0 Å². The number of hydrogen-bond donors (Lipinski definition) is 1. The number of nitrogens with zero attached hydrogens (tertiary/aromatic N) is 2. The number of carbonyl (C=O) groups excluding carboxylic acids is 2. The van der Waals surface area contributed by atoms with Crippen LogP contribution in [0.1, 0.15) is 70.9 Å². The maximum Gasteiger partial charge on any atom is 0.412 e. The van der Waals surface area contributed by atoms with E-state index in [-0.39, 0.29) is 12.2 Å². The molecule has 0 atom stereocenters. The molecule has 196 valence electrons. The molecule has 0 aliphatic carbocycles. The predicted octanol–water partition coefficient (Wildman–Crippen LogP) is 5.82. The van der Waals surface area contributed by atoms with Crippen molar-refractivity contribution in [3.05, 3.63) is 23.5 Å². The van der Waals surface area contributed by atoms with Gasteiger partial charge in [-0.3, -0.25) is 5.32 Å². The number of amides is 1. The molecule has 0 aliphatic heterocycles. The molecule has 0 spiro atoms. The Morgan fingerprint density at radius 2 is 1.74 bits per heavy atom. The van der Waals surface area contributed by atoms with Gasteiger partial charge in [0.05, 0.1) is 41.9 Å². The summed E-state index contributed by atoms with van der Waals surface area (Å²) in [5.74, 6) is -0.0495. The van der Waals surface area contributed by atoms with Crippen molar-refractivity contribution in [1.29, 1.82) is 0 Å². The summed E-state index contributed by atoms with van der Waals surface area (Å²) in [7, 11) is -1.75. The summed E-state index contributed by atoms with van der Waals surface area (Å²) in [5, 5.41) is 7.42. The van der Waals surface area contributed by atoms with Gasteiger partial charge in [0.25, 0.3) is 0 Å². The third kappa shape index (κ3) is 8.54. The van der Waals surface area contributed by atoms with Gasteiger partial charge < -0.3 is 18.6 Å². The van der Waals surface area contributed by atoms with E-state index in [1.54, 1.807) is 44.5 Å². The van der Waals surface area contributed by atoms with Crippen LogP contribution in [0.2, 0.25) is 19.6 Å². The van der Waals surface area contributed by atoms with Crippen molar-refractivity contribution in [3.8, 4) is 5.75 Å². The summed E-state index contributed by atoms with van der Waals surface area (Å²) in [6.45, 7) is 20.2. The van der Waals surface area contributed by atoms with Gasteiger partial charge in [0.15, 0.2) is 14.1 Å². The maximum atomic E-state index is 13.0. The zero-order valence-corrected chi connectivity index (χ0v) is 23.8. The zero-order valence-electron chi connectivity index (χ0n) is 22.8. The second-order valence-electron chi connectivity index (χ2n) is 11.0. The van der Waals surface area contributed by atoms with E-state index in [0.29, 0.717) is 47.7 Å². The van der Waals surface area contributed by atoms with Gasteiger partial charge in [-0.2, -0.15) is 5.10 Å². The first-order chi connectivity index (χ1) is 16.0. The van der Waals surface area contributed by atoms with Crippen LogP contribution in [0.3, 0.4) is 0 Å². The number of aromatic nitrogens is 2. The van der Waals surface area contributed by atoms with E-state index >= 15 is 0 Å². The van der Waals surface area contributed by atoms with E-state index in [4.69, 9.17) is 18.6 Å². The Morgan fingerprint density at radius 1 is 1.09 bits per heavy atom. The van der Waals surface area contributed by atoms with Gasteiger partial charge in [0.1, 0.15) is 11.2 Å². The first-order valence-corrected chi connectivity index (χ1v) is 15.5. The predicted molar refractivity (Wildman–Crippen MR) is 139 cm³/mol. The number of carbonyl (C=O) groups is 2. The normalized spacial score (nSPS) is 12.5. The minimum Gasteiger partial charge on any atom is -0.490 e. The van der Waals surface area contributed by atoms with Crippen molar-refractivity contribution in [1.82, 2.24) is 9.61 Å². The van der Waals surface area contributed by atoms with E-state index in [1.807, 2.05) is 6.92 Å².